The Balaban J connectivity index is 1.59. The summed E-state index contributed by atoms with van der Waals surface area (Å²) in [4.78, 5) is 6.66. The zero-order chi connectivity index (χ0) is 12.8. The van der Waals surface area contributed by atoms with Crippen molar-refractivity contribution in [1.29, 1.82) is 0 Å². The zero-order valence-electron chi connectivity index (χ0n) is 11.6. The van der Waals surface area contributed by atoms with Crippen LogP contribution in [0.4, 0.5) is 0 Å². The van der Waals surface area contributed by atoms with Crippen molar-refractivity contribution >= 4 is 11.3 Å². The molecular formula is C14H25N3S. The van der Waals surface area contributed by atoms with E-state index < -0.39 is 0 Å². The highest BCUT2D eigenvalue weighted by Gasteiger charge is 2.17. The minimum Gasteiger partial charge on any atom is -0.313 e. The Morgan fingerprint density at radius 3 is 3.11 bits per heavy atom. The van der Waals surface area contributed by atoms with Crippen LogP contribution in [-0.2, 0) is 6.54 Å². The van der Waals surface area contributed by atoms with Crippen LogP contribution in [0.2, 0.25) is 0 Å². The zero-order valence-corrected chi connectivity index (χ0v) is 12.4. The maximum absolute atomic E-state index is 4.32. The van der Waals surface area contributed by atoms with Gasteiger partial charge in [-0.15, -0.1) is 11.3 Å². The van der Waals surface area contributed by atoms with Gasteiger partial charge in [-0.2, -0.15) is 0 Å². The Kier molecular flexibility index (Phi) is 5.60. The number of nitrogens with zero attached hydrogens (tertiary/aromatic N) is 2. The molecule has 0 spiro atoms. The maximum atomic E-state index is 4.32. The van der Waals surface area contributed by atoms with Gasteiger partial charge in [-0.3, -0.25) is 4.90 Å². The van der Waals surface area contributed by atoms with E-state index in [1.54, 1.807) is 11.3 Å². The summed E-state index contributed by atoms with van der Waals surface area (Å²) in [6, 6.07) is 0.751. The fraction of sp³-hybridized carbons (Fsp3) is 0.786. The van der Waals surface area contributed by atoms with Gasteiger partial charge in [-0.1, -0.05) is 19.8 Å². The molecule has 4 heteroatoms. The van der Waals surface area contributed by atoms with Gasteiger partial charge in [0.15, 0.2) is 0 Å². The third-order valence-corrected chi connectivity index (χ3v) is 4.41. The van der Waals surface area contributed by atoms with Gasteiger partial charge in [-0.25, -0.2) is 4.98 Å². The molecule has 2 atom stereocenters. The lowest BCUT2D eigenvalue weighted by Crippen LogP contribution is -2.38. The molecule has 0 amide bonds. The summed E-state index contributed by atoms with van der Waals surface area (Å²) in [6.45, 7) is 5.54. The largest absolute Gasteiger partial charge is 0.313 e. The highest BCUT2D eigenvalue weighted by molar-refractivity contribution is 7.07. The number of aromatic nitrogens is 1. The summed E-state index contributed by atoms with van der Waals surface area (Å²) in [5.74, 6) is 0.906. The summed E-state index contributed by atoms with van der Waals surface area (Å²) < 4.78 is 0. The third kappa shape index (κ3) is 4.67. The first-order valence-electron chi connectivity index (χ1n) is 7.03. The first-order chi connectivity index (χ1) is 8.74. The Morgan fingerprint density at radius 2 is 2.39 bits per heavy atom. The number of thiazole rings is 1. The van der Waals surface area contributed by atoms with Crippen molar-refractivity contribution in [3.05, 3.63) is 16.6 Å². The van der Waals surface area contributed by atoms with E-state index in [0.29, 0.717) is 0 Å². The Hall–Kier alpha value is -0.450. The summed E-state index contributed by atoms with van der Waals surface area (Å²) in [5, 5.41) is 5.83. The summed E-state index contributed by atoms with van der Waals surface area (Å²) in [7, 11) is 2.17. The van der Waals surface area contributed by atoms with Crippen molar-refractivity contribution in [2.24, 2.45) is 5.92 Å². The molecule has 0 saturated heterocycles. The van der Waals surface area contributed by atoms with Gasteiger partial charge in [-0.05, 0) is 25.8 Å². The second-order valence-electron chi connectivity index (χ2n) is 5.64. The molecular weight excluding hydrogens is 242 g/mol. The molecule has 0 aromatic carbocycles. The highest BCUT2D eigenvalue weighted by Crippen LogP contribution is 2.23. The van der Waals surface area contributed by atoms with Crippen molar-refractivity contribution in [2.45, 2.75) is 45.2 Å². The smallest absolute Gasteiger partial charge is 0.0795 e. The number of rotatable bonds is 6. The van der Waals surface area contributed by atoms with E-state index in [-0.39, 0.29) is 0 Å². The van der Waals surface area contributed by atoms with Crippen LogP contribution in [0.25, 0.3) is 0 Å². The van der Waals surface area contributed by atoms with Gasteiger partial charge in [0, 0.05) is 31.1 Å². The molecule has 102 valence electrons. The Bertz CT molecular complexity index is 326. The lowest BCUT2D eigenvalue weighted by atomic mass is 9.87. The van der Waals surface area contributed by atoms with Crippen LogP contribution < -0.4 is 5.32 Å². The first kappa shape index (κ1) is 14.0. The molecule has 1 heterocycles. The van der Waals surface area contributed by atoms with Gasteiger partial charge in [0.25, 0.3) is 0 Å². The maximum Gasteiger partial charge on any atom is 0.0795 e. The fourth-order valence-corrected chi connectivity index (χ4v) is 3.30. The molecule has 0 radical (unpaired) electrons. The van der Waals surface area contributed by atoms with E-state index in [9.17, 15) is 0 Å². The predicted molar refractivity (Wildman–Crippen MR) is 77.9 cm³/mol. The van der Waals surface area contributed by atoms with E-state index in [4.69, 9.17) is 0 Å². The monoisotopic (exact) mass is 267 g/mol. The van der Waals surface area contributed by atoms with Crippen LogP contribution in [0.5, 0.6) is 0 Å². The Morgan fingerprint density at radius 1 is 1.50 bits per heavy atom. The molecule has 0 aliphatic heterocycles. The number of hydrogen-bond donors (Lipinski definition) is 1. The van der Waals surface area contributed by atoms with E-state index in [1.807, 2.05) is 5.51 Å². The lowest BCUT2D eigenvalue weighted by Gasteiger charge is -2.28. The van der Waals surface area contributed by atoms with Gasteiger partial charge < -0.3 is 5.32 Å². The molecule has 1 aromatic rings. The Labute approximate surface area is 115 Å². The summed E-state index contributed by atoms with van der Waals surface area (Å²) in [6.07, 6.45) is 5.53. The molecule has 2 unspecified atom stereocenters. The van der Waals surface area contributed by atoms with Crippen LogP contribution in [-0.4, -0.2) is 36.1 Å². The van der Waals surface area contributed by atoms with E-state index >= 15 is 0 Å². The van der Waals surface area contributed by atoms with E-state index in [1.165, 1.54) is 31.4 Å². The molecule has 1 aliphatic rings. The fourth-order valence-electron chi connectivity index (χ4n) is 2.75. The average molecular weight is 267 g/mol. The van der Waals surface area contributed by atoms with Crippen molar-refractivity contribution < 1.29 is 0 Å². The topological polar surface area (TPSA) is 28.2 Å². The van der Waals surface area contributed by atoms with Crippen LogP contribution in [0.3, 0.4) is 0 Å². The molecule has 1 aromatic heterocycles. The van der Waals surface area contributed by atoms with Gasteiger partial charge in [0.05, 0.1) is 11.2 Å². The molecule has 1 aliphatic carbocycles. The normalized spacial score (nSPS) is 24.6. The number of likely N-dealkylation sites (N-methyl/N-ethyl adjacent to an activating group) is 1. The molecule has 1 fully saturated rings. The SMILES string of the molecule is CC1CCCC(NCCN(C)Cc2cscn2)C1. The second-order valence-corrected chi connectivity index (χ2v) is 6.36. The standard InChI is InChI=1S/C14H25N3S/c1-12-4-3-5-13(8-12)15-6-7-17(2)9-14-10-18-11-16-14/h10-13,15H,3-9H2,1-2H3. The number of nitrogens with one attached hydrogen (secondary N) is 1. The van der Waals surface area contributed by atoms with Crippen LogP contribution in [0, 0.1) is 5.92 Å². The first-order valence-corrected chi connectivity index (χ1v) is 7.97. The molecule has 1 N–H and O–H groups in total. The molecule has 0 bridgehead atoms. The summed E-state index contributed by atoms with van der Waals surface area (Å²) in [5.41, 5.74) is 3.10. The minimum absolute atomic E-state index is 0.751. The van der Waals surface area contributed by atoms with Crippen molar-refractivity contribution in [3.8, 4) is 0 Å². The van der Waals surface area contributed by atoms with Gasteiger partial charge >= 0.3 is 0 Å². The van der Waals surface area contributed by atoms with E-state index in [0.717, 1.165) is 31.6 Å². The van der Waals surface area contributed by atoms with Crippen LogP contribution in [0.15, 0.2) is 10.9 Å². The summed E-state index contributed by atoms with van der Waals surface area (Å²) >= 11 is 1.67. The molecule has 18 heavy (non-hydrogen) atoms. The van der Waals surface area contributed by atoms with Gasteiger partial charge in [0.2, 0.25) is 0 Å². The minimum atomic E-state index is 0.751. The predicted octanol–water partition coefficient (Wildman–Crippen LogP) is 2.74. The van der Waals surface area contributed by atoms with Crippen molar-refractivity contribution in [3.63, 3.8) is 0 Å². The number of hydrogen-bond acceptors (Lipinski definition) is 4. The van der Waals surface area contributed by atoms with E-state index in [2.05, 4.69) is 34.6 Å². The second kappa shape index (κ2) is 7.22. The molecule has 1 saturated carbocycles. The highest BCUT2D eigenvalue weighted by atomic mass is 32.1. The molecule has 3 nitrogen and oxygen atoms in total. The van der Waals surface area contributed by atoms with Gasteiger partial charge in [0.1, 0.15) is 0 Å². The lowest BCUT2D eigenvalue weighted by molar-refractivity contribution is 0.273. The average Bonchev–Trinajstić information content (AvgIpc) is 2.82. The quantitative estimate of drug-likeness (QED) is 0.859. The van der Waals surface area contributed by atoms with Crippen molar-refractivity contribution in [1.82, 2.24) is 15.2 Å². The third-order valence-electron chi connectivity index (χ3n) is 3.78. The van der Waals surface area contributed by atoms with Crippen molar-refractivity contribution in [2.75, 3.05) is 20.1 Å². The molecule has 2 rings (SSSR count). The van der Waals surface area contributed by atoms with Crippen LogP contribution >= 0.6 is 11.3 Å². The van der Waals surface area contributed by atoms with Crippen LogP contribution in [0.1, 0.15) is 38.3 Å².